The number of hydrogen-bond donors (Lipinski definition) is 2. The van der Waals surface area contributed by atoms with Crippen molar-refractivity contribution in [3.63, 3.8) is 0 Å². The molecule has 0 radical (unpaired) electrons. The minimum Gasteiger partial charge on any atom is -0.497 e. The van der Waals surface area contributed by atoms with Gasteiger partial charge in [0.15, 0.2) is 0 Å². The topological polar surface area (TPSA) is 84.6 Å². The van der Waals surface area contributed by atoms with Gasteiger partial charge in [0.05, 0.1) is 18.1 Å². The lowest BCUT2D eigenvalue weighted by Gasteiger charge is -2.14. The van der Waals surface area contributed by atoms with Crippen molar-refractivity contribution >= 4 is 23.0 Å². The number of methoxy groups -OCH3 is 1. The smallest absolute Gasteiger partial charge is 0.292 e. The largest absolute Gasteiger partial charge is 0.497 e. The highest BCUT2D eigenvalue weighted by molar-refractivity contribution is 6.31. The highest BCUT2D eigenvalue weighted by Gasteiger charge is 2.15. The fourth-order valence-corrected chi connectivity index (χ4v) is 2.13. The number of aliphatic hydroxyl groups is 1. The summed E-state index contributed by atoms with van der Waals surface area (Å²) in [4.78, 5) is 10.5. The van der Waals surface area contributed by atoms with Crippen LogP contribution in [0.25, 0.3) is 0 Å². The van der Waals surface area contributed by atoms with Gasteiger partial charge in [-0.05, 0) is 29.8 Å². The zero-order chi connectivity index (χ0) is 16.1. The van der Waals surface area contributed by atoms with E-state index in [9.17, 15) is 15.2 Å². The van der Waals surface area contributed by atoms with E-state index in [0.717, 1.165) is 0 Å². The summed E-state index contributed by atoms with van der Waals surface area (Å²) in [6.45, 7) is 0.119. The molecule has 2 N–H and O–H groups in total. The SMILES string of the molecule is COc1ccc([C@H](O)CNc2cc(Cl)ccc2[N+](=O)[O-])cc1. The van der Waals surface area contributed by atoms with E-state index in [1.807, 2.05) is 0 Å². The number of nitrogens with zero attached hydrogens (tertiary/aromatic N) is 1. The van der Waals surface area contributed by atoms with Crippen LogP contribution in [0.15, 0.2) is 42.5 Å². The summed E-state index contributed by atoms with van der Waals surface area (Å²) in [6.07, 6.45) is -0.815. The molecule has 0 aliphatic carbocycles. The molecule has 116 valence electrons. The predicted octanol–water partition coefficient (Wildman–Crippen LogP) is 3.40. The Labute approximate surface area is 132 Å². The number of halogens is 1. The molecule has 0 saturated carbocycles. The lowest BCUT2D eigenvalue weighted by atomic mass is 10.1. The number of benzene rings is 2. The summed E-state index contributed by atoms with van der Waals surface area (Å²) < 4.78 is 5.05. The molecule has 0 fully saturated rings. The maximum atomic E-state index is 11.0. The zero-order valence-electron chi connectivity index (χ0n) is 11.8. The van der Waals surface area contributed by atoms with E-state index in [2.05, 4.69) is 5.32 Å². The van der Waals surface area contributed by atoms with Gasteiger partial charge in [-0.15, -0.1) is 0 Å². The first-order valence-electron chi connectivity index (χ1n) is 6.51. The minimum absolute atomic E-state index is 0.0914. The quantitative estimate of drug-likeness (QED) is 0.629. The van der Waals surface area contributed by atoms with E-state index in [1.54, 1.807) is 31.4 Å². The summed E-state index contributed by atoms with van der Waals surface area (Å²) in [5, 5.41) is 24.3. The molecule has 0 spiro atoms. The van der Waals surface area contributed by atoms with Gasteiger partial charge in [0.2, 0.25) is 0 Å². The number of nitro groups is 1. The standard InChI is InChI=1S/C15H15ClN2O4/c1-22-12-5-2-10(3-6-12)15(19)9-17-13-8-11(16)4-7-14(13)18(20)21/h2-8,15,17,19H,9H2,1H3/t15-/m1/s1. The van der Waals surface area contributed by atoms with Gasteiger partial charge in [-0.3, -0.25) is 10.1 Å². The second-order valence-corrected chi connectivity index (χ2v) is 5.02. The Morgan fingerprint density at radius 2 is 2.00 bits per heavy atom. The fraction of sp³-hybridized carbons (Fsp3) is 0.200. The molecule has 0 aromatic heterocycles. The second-order valence-electron chi connectivity index (χ2n) is 4.59. The van der Waals surface area contributed by atoms with Crippen LogP contribution in [0.2, 0.25) is 5.02 Å². The van der Waals surface area contributed by atoms with Crippen molar-refractivity contribution in [2.45, 2.75) is 6.10 Å². The van der Waals surface area contributed by atoms with E-state index < -0.39 is 11.0 Å². The number of hydrogen-bond acceptors (Lipinski definition) is 5. The Balaban J connectivity index is 2.08. The molecule has 0 bridgehead atoms. The van der Waals surface area contributed by atoms with Crippen LogP contribution in [-0.2, 0) is 0 Å². The summed E-state index contributed by atoms with van der Waals surface area (Å²) in [7, 11) is 1.56. The molecule has 0 heterocycles. The molecule has 2 rings (SSSR count). The van der Waals surface area contributed by atoms with Crippen LogP contribution in [0.4, 0.5) is 11.4 Å². The molecule has 7 heteroatoms. The highest BCUT2D eigenvalue weighted by atomic mass is 35.5. The van der Waals surface area contributed by atoms with E-state index in [1.165, 1.54) is 18.2 Å². The third-order valence-electron chi connectivity index (χ3n) is 3.14. The van der Waals surface area contributed by atoms with Gasteiger partial charge < -0.3 is 15.2 Å². The molecular formula is C15H15ClN2O4. The maximum Gasteiger partial charge on any atom is 0.292 e. The third kappa shape index (κ3) is 3.87. The Kier molecular flexibility index (Phi) is 5.19. The van der Waals surface area contributed by atoms with Crippen LogP contribution < -0.4 is 10.1 Å². The molecule has 6 nitrogen and oxygen atoms in total. The van der Waals surface area contributed by atoms with E-state index >= 15 is 0 Å². The van der Waals surface area contributed by atoms with E-state index in [0.29, 0.717) is 16.3 Å². The molecule has 0 amide bonds. The first-order valence-corrected chi connectivity index (χ1v) is 6.89. The van der Waals surface area contributed by atoms with Crippen molar-refractivity contribution in [3.8, 4) is 5.75 Å². The Morgan fingerprint density at radius 3 is 2.59 bits per heavy atom. The van der Waals surface area contributed by atoms with Crippen molar-refractivity contribution < 1.29 is 14.8 Å². The summed E-state index contributed by atoms with van der Waals surface area (Å²) in [5.74, 6) is 0.689. The third-order valence-corrected chi connectivity index (χ3v) is 3.38. The van der Waals surface area contributed by atoms with Crippen molar-refractivity contribution in [3.05, 3.63) is 63.2 Å². The number of nitro benzene ring substituents is 1. The van der Waals surface area contributed by atoms with Gasteiger partial charge in [0.25, 0.3) is 5.69 Å². The second kappa shape index (κ2) is 7.11. The average Bonchev–Trinajstić information content (AvgIpc) is 2.52. The first kappa shape index (κ1) is 16.1. The lowest BCUT2D eigenvalue weighted by Crippen LogP contribution is -2.13. The molecule has 0 saturated heterocycles. The lowest BCUT2D eigenvalue weighted by molar-refractivity contribution is -0.384. The Morgan fingerprint density at radius 1 is 1.32 bits per heavy atom. The van der Waals surface area contributed by atoms with Gasteiger partial charge in [-0.25, -0.2) is 0 Å². The zero-order valence-corrected chi connectivity index (χ0v) is 12.6. The average molecular weight is 323 g/mol. The molecule has 2 aromatic rings. The van der Waals surface area contributed by atoms with Crippen LogP contribution in [0.1, 0.15) is 11.7 Å². The molecule has 0 aliphatic rings. The molecular weight excluding hydrogens is 308 g/mol. The first-order chi connectivity index (χ1) is 10.5. The number of aliphatic hydroxyl groups excluding tert-OH is 1. The predicted molar refractivity (Wildman–Crippen MR) is 84.5 cm³/mol. The van der Waals surface area contributed by atoms with Gasteiger partial charge in [-0.2, -0.15) is 0 Å². The van der Waals surface area contributed by atoms with E-state index in [4.69, 9.17) is 16.3 Å². The van der Waals surface area contributed by atoms with Crippen molar-refractivity contribution in [2.24, 2.45) is 0 Å². The van der Waals surface area contributed by atoms with Crippen molar-refractivity contribution in [1.29, 1.82) is 0 Å². The summed E-state index contributed by atoms with van der Waals surface area (Å²) in [6, 6.07) is 11.2. The van der Waals surface area contributed by atoms with Gasteiger partial charge in [-0.1, -0.05) is 23.7 Å². The molecule has 0 aliphatic heterocycles. The molecule has 2 aromatic carbocycles. The Bertz CT molecular complexity index is 661. The summed E-state index contributed by atoms with van der Waals surface area (Å²) >= 11 is 5.85. The van der Waals surface area contributed by atoms with Crippen LogP contribution in [0, 0.1) is 10.1 Å². The van der Waals surface area contributed by atoms with Crippen LogP contribution in [0.3, 0.4) is 0 Å². The highest BCUT2D eigenvalue weighted by Crippen LogP contribution is 2.28. The normalized spacial score (nSPS) is 11.8. The van der Waals surface area contributed by atoms with Crippen molar-refractivity contribution in [1.82, 2.24) is 0 Å². The molecule has 0 unspecified atom stereocenters. The summed E-state index contributed by atoms with van der Waals surface area (Å²) in [5.41, 5.74) is 0.856. The monoisotopic (exact) mass is 322 g/mol. The number of rotatable bonds is 6. The van der Waals surface area contributed by atoms with E-state index in [-0.39, 0.29) is 17.9 Å². The van der Waals surface area contributed by atoms with Gasteiger partial charge in [0, 0.05) is 17.6 Å². The Hall–Kier alpha value is -2.31. The van der Waals surface area contributed by atoms with Gasteiger partial charge >= 0.3 is 0 Å². The molecule has 1 atom stereocenters. The van der Waals surface area contributed by atoms with Crippen LogP contribution >= 0.6 is 11.6 Å². The van der Waals surface area contributed by atoms with Crippen molar-refractivity contribution in [2.75, 3.05) is 19.0 Å². The number of nitrogens with one attached hydrogen (secondary N) is 1. The number of ether oxygens (including phenoxy) is 1. The molecule has 22 heavy (non-hydrogen) atoms. The maximum absolute atomic E-state index is 11.0. The minimum atomic E-state index is -0.815. The van der Waals surface area contributed by atoms with Gasteiger partial charge in [0.1, 0.15) is 11.4 Å². The van der Waals surface area contributed by atoms with Crippen LogP contribution in [0.5, 0.6) is 5.75 Å². The number of anilines is 1. The fourth-order valence-electron chi connectivity index (χ4n) is 1.96. The van der Waals surface area contributed by atoms with Crippen LogP contribution in [-0.4, -0.2) is 23.7 Å².